The molecule has 10 rings (SSSR count). The predicted molar refractivity (Wildman–Crippen MR) is 221 cm³/mol. The minimum absolute atomic E-state index is 0.268. The number of para-hydroxylation sites is 3. The highest BCUT2D eigenvalue weighted by Gasteiger charge is 2.20. The van der Waals surface area contributed by atoms with Crippen molar-refractivity contribution in [3.05, 3.63) is 169 Å². The van der Waals surface area contributed by atoms with Crippen molar-refractivity contribution in [2.24, 2.45) is 0 Å². The Balaban J connectivity index is 1.09. The molecule has 7 aromatic carbocycles. The fraction of sp³-hybridized carbons (Fsp3) is 0.0667. The zero-order chi connectivity index (χ0) is 35.8. The van der Waals surface area contributed by atoms with Crippen LogP contribution in [-0.2, 0) is 13.0 Å². The van der Waals surface area contributed by atoms with Gasteiger partial charge >= 0.3 is 16.5 Å². The minimum atomic E-state index is -1.81. The van der Waals surface area contributed by atoms with Crippen LogP contribution in [0.4, 0.5) is 0 Å². The van der Waals surface area contributed by atoms with E-state index < -0.39 is 16.5 Å². The van der Waals surface area contributed by atoms with Crippen LogP contribution in [-0.4, -0.2) is 0 Å². The third kappa shape index (κ3) is 6.30. The first kappa shape index (κ1) is 33.1. The molecule has 1 atom stereocenters. The lowest BCUT2D eigenvalue weighted by atomic mass is 10.0. The van der Waals surface area contributed by atoms with Crippen molar-refractivity contribution < 1.29 is 25.8 Å². The molecule has 0 saturated heterocycles. The third-order valence-corrected chi connectivity index (χ3v) is 13.0. The van der Waals surface area contributed by atoms with Crippen molar-refractivity contribution in [2.45, 2.75) is 29.2 Å². The average molecular weight is 763 g/mol. The zero-order valence-electron chi connectivity index (χ0n) is 28.9. The Bertz CT molecular complexity index is 2930. The Morgan fingerprint density at radius 3 is 1.78 bits per heavy atom. The van der Waals surface area contributed by atoms with E-state index in [2.05, 4.69) is 84.9 Å². The number of rotatable bonds is 7. The van der Waals surface area contributed by atoms with Gasteiger partial charge in [-0.2, -0.15) is 0 Å². The summed E-state index contributed by atoms with van der Waals surface area (Å²) in [6.07, 6.45) is 6.01. The molecular weight excluding hydrogens is 731 g/mol. The maximum atomic E-state index is 6.81. The van der Waals surface area contributed by atoms with Gasteiger partial charge in [-0.1, -0.05) is 145 Å². The first-order chi connectivity index (χ1) is 26.7. The molecule has 0 saturated carbocycles. The van der Waals surface area contributed by atoms with Crippen molar-refractivity contribution in [1.82, 2.24) is 0 Å². The van der Waals surface area contributed by atoms with Crippen molar-refractivity contribution >= 4 is 88.8 Å². The molecule has 0 bridgehead atoms. The van der Waals surface area contributed by atoms with Gasteiger partial charge in [0.2, 0.25) is 0 Å². The second-order valence-corrected chi connectivity index (χ2v) is 16.0. The fourth-order valence-corrected chi connectivity index (χ4v) is 10.4. The molecular formula is C45H32O6P2S. The molecule has 1 aliphatic rings. The van der Waals surface area contributed by atoms with Crippen molar-refractivity contribution in [1.29, 1.82) is 0 Å². The lowest BCUT2D eigenvalue weighted by molar-refractivity contribution is 0.361. The quantitative estimate of drug-likeness (QED) is 0.160. The van der Waals surface area contributed by atoms with Crippen LogP contribution in [0.2, 0.25) is 0 Å². The monoisotopic (exact) mass is 762 g/mol. The van der Waals surface area contributed by atoms with E-state index in [4.69, 9.17) is 25.8 Å². The molecule has 1 aliphatic carbocycles. The topological polar surface area (TPSA) is 71.0 Å². The molecule has 0 radical (unpaired) electrons. The molecule has 9 heteroatoms. The number of aryl methyl sites for hydroxylation is 1. The van der Waals surface area contributed by atoms with Gasteiger partial charge in [0.05, 0.1) is 11.5 Å². The summed E-state index contributed by atoms with van der Waals surface area (Å²) in [5, 5.41) is 7.38. The van der Waals surface area contributed by atoms with E-state index in [-0.39, 0.29) is 6.61 Å². The maximum Gasteiger partial charge on any atom is 0.452 e. The molecule has 2 aromatic heterocycles. The van der Waals surface area contributed by atoms with Crippen LogP contribution in [0.5, 0.6) is 5.75 Å². The summed E-state index contributed by atoms with van der Waals surface area (Å²) in [6.45, 7) is 0.268. The first-order valence-electron chi connectivity index (χ1n) is 17.8. The molecule has 0 spiro atoms. The minimum Gasteiger partial charge on any atom is -0.399 e. The van der Waals surface area contributed by atoms with Crippen LogP contribution in [0.25, 0.3) is 60.5 Å². The van der Waals surface area contributed by atoms with Gasteiger partial charge in [0.25, 0.3) is 0 Å². The highest BCUT2D eigenvalue weighted by molar-refractivity contribution is 8.00. The van der Waals surface area contributed by atoms with E-state index >= 15 is 0 Å². The fourth-order valence-electron chi connectivity index (χ4n) is 6.97. The van der Waals surface area contributed by atoms with Gasteiger partial charge in [-0.3, -0.25) is 4.52 Å². The molecule has 1 unspecified atom stereocenters. The standard InChI is InChI=1S/C45H32O6P2S/c1-3-15-33-30(13-1)25-26-32(29-46-52-47-39-21-9-5-17-35(39)36-18-6-10-22-40(36)48-52)44(33)54-45-34-16-4-2-14-31(34)27-28-43(45)51-53-49-41-23-11-7-19-37(41)38-20-8-12-24-42(38)50-53/h1-11,13-23,25-28H,12,24,29H2. The zero-order valence-corrected chi connectivity index (χ0v) is 31.5. The van der Waals surface area contributed by atoms with Crippen LogP contribution in [0.1, 0.15) is 23.3 Å². The first-order valence-corrected chi connectivity index (χ1v) is 20.8. The molecule has 0 aliphatic heterocycles. The normalized spacial score (nSPS) is 12.8. The Kier molecular flexibility index (Phi) is 8.79. The van der Waals surface area contributed by atoms with Crippen LogP contribution in [0.15, 0.2) is 178 Å². The number of allylic oxidation sites excluding steroid dienone is 1. The molecule has 264 valence electrons. The highest BCUT2D eigenvalue weighted by atomic mass is 32.2. The smallest absolute Gasteiger partial charge is 0.399 e. The van der Waals surface area contributed by atoms with Gasteiger partial charge in [0, 0.05) is 33.0 Å². The van der Waals surface area contributed by atoms with Gasteiger partial charge in [0.1, 0.15) is 22.5 Å². The highest BCUT2D eigenvalue weighted by Crippen LogP contribution is 2.48. The molecule has 2 heterocycles. The van der Waals surface area contributed by atoms with Crippen LogP contribution in [0.3, 0.4) is 0 Å². The Morgan fingerprint density at radius 2 is 1.07 bits per heavy atom. The van der Waals surface area contributed by atoms with E-state index in [0.29, 0.717) is 5.75 Å². The second-order valence-electron chi connectivity index (χ2n) is 12.9. The van der Waals surface area contributed by atoms with Gasteiger partial charge in [0.15, 0.2) is 5.75 Å². The lowest BCUT2D eigenvalue weighted by Crippen LogP contribution is -1.97. The summed E-state index contributed by atoms with van der Waals surface area (Å²) in [5.41, 5.74) is 4.27. The van der Waals surface area contributed by atoms with Crippen molar-refractivity contribution in [2.75, 3.05) is 0 Å². The number of hydrogen-bond donors (Lipinski definition) is 0. The summed E-state index contributed by atoms with van der Waals surface area (Å²) in [5.74, 6) is 1.58. The summed E-state index contributed by atoms with van der Waals surface area (Å²) in [6, 6.07) is 49.3. The number of benzene rings is 7. The molecule has 54 heavy (non-hydrogen) atoms. The summed E-state index contributed by atoms with van der Waals surface area (Å²) in [4.78, 5) is 2.02. The average Bonchev–Trinajstić information content (AvgIpc) is 3.48. The number of fused-ring (bicyclic) bond motifs is 8. The molecule has 0 amide bonds. The van der Waals surface area contributed by atoms with Gasteiger partial charge < -0.3 is 21.3 Å². The van der Waals surface area contributed by atoms with Crippen LogP contribution in [0, 0.1) is 0 Å². The Morgan fingerprint density at radius 1 is 0.519 bits per heavy atom. The van der Waals surface area contributed by atoms with Gasteiger partial charge in [-0.25, -0.2) is 0 Å². The SMILES string of the molecule is C1=Cc2c(op(Oc3ccc4ccccc4c3Sc3c(COp4oc5ccccc5c5ccccc5o4)ccc4ccccc34)oc3ccccc23)CC1. The Labute approximate surface area is 316 Å². The van der Waals surface area contributed by atoms with E-state index in [1.54, 1.807) is 11.8 Å². The van der Waals surface area contributed by atoms with Gasteiger partial charge in [-0.15, -0.1) is 0 Å². The second kappa shape index (κ2) is 14.4. The molecule has 9 aromatic rings. The maximum absolute atomic E-state index is 6.81. The van der Waals surface area contributed by atoms with Crippen molar-refractivity contribution in [3.63, 3.8) is 0 Å². The van der Waals surface area contributed by atoms with Crippen LogP contribution >= 0.6 is 28.2 Å². The Hall–Kier alpha value is -5.55. The molecule has 0 N–H and O–H groups in total. The van der Waals surface area contributed by atoms with E-state index in [1.165, 1.54) is 0 Å². The van der Waals surface area contributed by atoms with E-state index in [9.17, 15) is 0 Å². The molecule has 0 fully saturated rings. The predicted octanol–water partition coefficient (Wildman–Crippen LogP) is 14.6. The van der Waals surface area contributed by atoms with E-state index in [0.717, 1.165) is 94.0 Å². The number of hydrogen-bond acceptors (Lipinski definition) is 7. The van der Waals surface area contributed by atoms with Gasteiger partial charge in [-0.05, 0) is 57.8 Å². The third-order valence-electron chi connectivity index (χ3n) is 9.57. The largest absolute Gasteiger partial charge is 0.452 e. The molecule has 6 nitrogen and oxygen atoms in total. The van der Waals surface area contributed by atoms with Crippen molar-refractivity contribution in [3.8, 4) is 5.75 Å². The lowest BCUT2D eigenvalue weighted by Gasteiger charge is -2.16. The summed E-state index contributed by atoms with van der Waals surface area (Å²) < 4.78 is 39.3. The van der Waals surface area contributed by atoms with Crippen LogP contribution < -0.4 is 9.05 Å². The summed E-state index contributed by atoms with van der Waals surface area (Å²) >= 11 is 1.67. The van der Waals surface area contributed by atoms with E-state index in [1.807, 2.05) is 72.8 Å². The summed E-state index contributed by atoms with van der Waals surface area (Å²) in [7, 11) is -3.57.